The predicted octanol–water partition coefficient (Wildman–Crippen LogP) is 0.464. The molecule has 1 saturated carbocycles. The molecule has 0 aliphatic heterocycles. The lowest BCUT2D eigenvalue weighted by atomic mass is 10.2. The molecule has 1 fully saturated rings. The van der Waals surface area contributed by atoms with Crippen LogP contribution in [0.25, 0.3) is 0 Å². The van der Waals surface area contributed by atoms with Crippen LogP contribution in [0.15, 0.2) is 6.33 Å². The summed E-state index contributed by atoms with van der Waals surface area (Å²) in [5.41, 5.74) is 0. The number of nitrogens with zero attached hydrogens (tertiary/aromatic N) is 5. The Morgan fingerprint density at radius 2 is 2.25 bits per heavy atom. The predicted molar refractivity (Wildman–Crippen MR) is 57.5 cm³/mol. The van der Waals surface area contributed by atoms with E-state index in [1.165, 1.54) is 23.9 Å². The molecule has 2 rings (SSSR count). The van der Waals surface area contributed by atoms with Gasteiger partial charge >= 0.3 is 0 Å². The number of aromatic nitrogens is 4. The molecule has 6 heteroatoms. The molecule has 0 unspecified atom stereocenters. The number of amides is 1. The minimum absolute atomic E-state index is 0.113. The number of carbonyl (C=O) groups is 1. The molecule has 0 spiro atoms. The van der Waals surface area contributed by atoms with Gasteiger partial charge in [-0.3, -0.25) is 4.79 Å². The van der Waals surface area contributed by atoms with E-state index in [1.54, 1.807) is 0 Å². The molecule has 0 bridgehead atoms. The number of likely N-dealkylation sites (N-methyl/N-ethyl adjacent to an activating group) is 1. The van der Waals surface area contributed by atoms with Gasteiger partial charge < -0.3 is 4.90 Å². The van der Waals surface area contributed by atoms with Gasteiger partial charge in [0, 0.05) is 12.6 Å². The average molecular weight is 223 g/mol. The summed E-state index contributed by atoms with van der Waals surface area (Å²) in [5, 5.41) is 10.7. The van der Waals surface area contributed by atoms with Gasteiger partial charge in [-0.25, -0.2) is 4.68 Å². The van der Waals surface area contributed by atoms with Crippen molar-refractivity contribution < 1.29 is 4.79 Å². The Balaban J connectivity index is 1.95. The Bertz CT molecular complexity index is 331. The fourth-order valence-electron chi connectivity index (χ4n) is 2.34. The molecule has 1 heterocycles. The highest BCUT2D eigenvalue weighted by atomic mass is 16.2. The van der Waals surface area contributed by atoms with Crippen LogP contribution in [0.4, 0.5) is 0 Å². The van der Waals surface area contributed by atoms with Crippen LogP contribution in [0.3, 0.4) is 0 Å². The first-order chi connectivity index (χ1) is 7.81. The fourth-order valence-corrected chi connectivity index (χ4v) is 2.34. The van der Waals surface area contributed by atoms with Crippen LogP contribution in [0, 0.1) is 0 Å². The molecular weight excluding hydrogens is 206 g/mol. The zero-order chi connectivity index (χ0) is 11.4. The molecule has 16 heavy (non-hydrogen) atoms. The largest absolute Gasteiger partial charge is 0.338 e. The Labute approximate surface area is 94.6 Å². The van der Waals surface area contributed by atoms with Crippen LogP contribution >= 0.6 is 0 Å². The van der Waals surface area contributed by atoms with E-state index in [0.29, 0.717) is 6.04 Å². The van der Waals surface area contributed by atoms with Gasteiger partial charge in [-0.1, -0.05) is 12.8 Å². The number of rotatable bonds is 4. The summed E-state index contributed by atoms with van der Waals surface area (Å²) < 4.78 is 1.47. The molecule has 1 aliphatic carbocycles. The Morgan fingerprint density at radius 3 is 2.81 bits per heavy atom. The number of tetrazole rings is 1. The molecule has 0 saturated heterocycles. The van der Waals surface area contributed by atoms with Crippen molar-refractivity contribution in [3.8, 4) is 0 Å². The normalized spacial score (nSPS) is 16.6. The molecule has 1 aliphatic rings. The van der Waals surface area contributed by atoms with Crippen LogP contribution in [-0.2, 0) is 11.3 Å². The summed E-state index contributed by atoms with van der Waals surface area (Å²) in [7, 11) is 0. The van der Waals surface area contributed by atoms with Gasteiger partial charge in [0.2, 0.25) is 5.91 Å². The van der Waals surface area contributed by atoms with Gasteiger partial charge in [-0.15, -0.1) is 5.10 Å². The average Bonchev–Trinajstić information content (AvgIpc) is 2.91. The fraction of sp³-hybridized carbons (Fsp3) is 0.800. The zero-order valence-corrected chi connectivity index (χ0v) is 9.54. The second kappa shape index (κ2) is 5.05. The maximum absolute atomic E-state index is 12.0. The minimum Gasteiger partial charge on any atom is -0.338 e. The Morgan fingerprint density at radius 1 is 1.50 bits per heavy atom. The molecule has 0 N–H and O–H groups in total. The van der Waals surface area contributed by atoms with E-state index in [1.807, 2.05) is 11.8 Å². The first kappa shape index (κ1) is 11.0. The minimum atomic E-state index is 0.113. The summed E-state index contributed by atoms with van der Waals surface area (Å²) in [6.07, 6.45) is 6.21. The smallest absolute Gasteiger partial charge is 0.244 e. The molecule has 1 aromatic heterocycles. The van der Waals surface area contributed by atoms with E-state index < -0.39 is 0 Å². The van der Waals surface area contributed by atoms with Crippen molar-refractivity contribution >= 4 is 5.91 Å². The summed E-state index contributed by atoms with van der Waals surface area (Å²) in [5.74, 6) is 0.113. The molecule has 0 atom stereocenters. The second-order valence-electron chi connectivity index (χ2n) is 4.13. The van der Waals surface area contributed by atoms with Crippen LogP contribution in [0.5, 0.6) is 0 Å². The van der Waals surface area contributed by atoms with Crippen molar-refractivity contribution in [2.75, 3.05) is 6.54 Å². The summed E-state index contributed by atoms with van der Waals surface area (Å²) in [4.78, 5) is 14.0. The molecular formula is C10H17N5O. The second-order valence-corrected chi connectivity index (χ2v) is 4.13. The topological polar surface area (TPSA) is 63.9 Å². The first-order valence-corrected chi connectivity index (χ1v) is 5.81. The summed E-state index contributed by atoms with van der Waals surface area (Å²) >= 11 is 0. The van der Waals surface area contributed by atoms with Crippen LogP contribution in [0.1, 0.15) is 32.6 Å². The Hall–Kier alpha value is -1.46. The van der Waals surface area contributed by atoms with E-state index in [4.69, 9.17) is 0 Å². The van der Waals surface area contributed by atoms with Crippen molar-refractivity contribution in [2.24, 2.45) is 0 Å². The van der Waals surface area contributed by atoms with Crippen molar-refractivity contribution in [3.63, 3.8) is 0 Å². The van der Waals surface area contributed by atoms with Gasteiger partial charge in [0.25, 0.3) is 0 Å². The number of hydrogen-bond donors (Lipinski definition) is 0. The Kier molecular flexibility index (Phi) is 3.48. The van der Waals surface area contributed by atoms with E-state index in [0.717, 1.165) is 19.4 Å². The SMILES string of the molecule is CCN(C(=O)Cn1cnnn1)C1CCCC1. The van der Waals surface area contributed by atoms with Crippen LogP contribution in [0.2, 0.25) is 0 Å². The van der Waals surface area contributed by atoms with E-state index >= 15 is 0 Å². The third-order valence-corrected chi connectivity index (χ3v) is 3.12. The van der Waals surface area contributed by atoms with Crippen molar-refractivity contribution in [1.29, 1.82) is 0 Å². The number of hydrogen-bond acceptors (Lipinski definition) is 4. The monoisotopic (exact) mass is 223 g/mol. The lowest BCUT2D eigenvalue weighted by molar-refractivity contribution is -0.134. The highest BCUT2D eigenvalue weighted by Crippen LogP contribution is 2.23. The highest BCUT2D eigenvalue weighted by Gasteiger charge is 2.25. The summed E-state index contributed by atoms with van der Waals surface area (Å²) in [6.45, 7) is 3.04. The van der Waals surface area contributed by atoms with Crippen LogP contribution < -0.4 is 0 Å². The van der Waals surface area contributed by atoms with E-state index in [9.17, 15) is 4.79 Å². The zero-order valence-electron chi connectivity index (χ0n) is 9.54. The molecule has 1 amide bonds. The van der Waals surface area contributed by atoms with E-state index in [2.05, 4.69) is 15.5 Å². The molecule has 6 nitrogen and oxygen atoms in total. The lowest BCUT2D eigenvalue weighted by Crippen LogP contribution is -2.40. The maximum Gasteiger partial charge on any atom is 0.244 e. The van der Waals surface area contributed by atoms with Gasteiger partial charge in [0.15, 0.2) is 0 Å². The lowest BCUT2D eigenvalue weighted by Gasteiger charge is -2.27. The van der Waals surface area contributed by atoms with Gasteiger partial charge in [0.1, 0.15) is 12.9 Å². The van der Waals surface area contributed by atoms with Crippen LogP contribution in [-0.4, -0.2) is 43.6 Å². The number of carbonyl (C=O) groups excluding carboxylic acids is 1. The highest BCUT2D eigenvalue weighted by molar-refractivity contribution is 5.76. The first-order valence-electron chi connectivity index (χ1n) is 5.81. The van der Waals surface area contributed by atoms with Gasteiger partial charge in [-0.2, -0.15) is 0 Å². The van der Waals surface area contributed by atoms with Crippen molar-refractivity contribution in [2.45, 2.75) is 45.2 Å². The summed E-state index contributed by atoms with van der Waals surface area (Å²) in [6, 6.07) is 0.425. The van der Waals surface area contributed by atoms with Crippen molar-refractivity contribution in [1.82, 2.24) is 25.1 Å². The molecule has 1 aromatic rings. The standard InChI is InChI=1S/C10H17N5O/c1-2-15(9-5-3-4-6-9)10(16)7-14-8-11-12-13-14/h8-9H,2-7H2,1H3. The molecule has 0 aromatic carbocycles. The van der Waals surface area contributed by atoms with Gasteiger partial charge in [0.05, 0.1) is 0 Å². The third kappa shape index (κ3) is 2.37. The van der Waals surface area contributed by atoms with E-state index in [-0.39, 0.29) is 12.5 Å². The molecule has 88 valence electrons. The quantitative estimate of drug-likeness (QED) is 0.744. The molecule has 0 radical (unpaired) electrons. The van der Waals surface area contributed by atoms with Crippen molar-refractivity contribution in [3.05, 3.63) is 6.33 Å². The third-order valence-electron chi connectivity index (χ3n) is 3.12. The maximum atomic E-state index is 12.0. The van der Waals surface area contributed by atoms with Gasteiger partial charge in [-0.05, 0) is 30.2 Å².